The van der Waals surface area contributed by atoms with Gasteiger partial charge < -0.3 is 4.74 Å². The summed E-state index contributed by atoms with van der Waals surface area (Å²) in [5.74, 6) is -2.09. The first kappa shape index (κ1) is 18.2. The molecule has 0 saturated heterocycles. The number of carbonyl (C=O) groups is 1. The van der Waals surface area contributed by atoms with Gasteiger partial charge in [0.15, 0.2) is 0 Å². The fourth-order valence-electron chi connectivity index (χ4n) is 2.06. The second-order valence-electron chi connectivity index (χ2n) is 6.05. The molecule has 1 rings (SSSR count). The molecule has 0 N–H and O–H groups in total. The maximum Gasteiger partial charge on any atom is 0.306 e. The van der Waals surface area contributed by atoms with Crippen molar-refractivity contribution < 1.29 is 23.2 Å². The monoisotopic (exact) mass is 331 g/mol. The number of hydrogen-bond acceptors (Lipinski definition) is 4. The number of methoxy groups -OCH3 is 1. The summed E-state index contributed by atoms with van der Waals surface area (Å²) in [5, 5.41) is 10.7. The van der Waals surface area contributed by atoms with E-state index in [1.165, 1.54) is 43.9 Å². The molecule has 0 bridgehead atoms. The Morgan fingerprint density at radius 3 is 2.18 bits per heavy atom. The van der Waals surface area contributed by atoms with Crippen LogP contribution < -0.4 is 0 Å². The molecule has 0 fully saturated rings. The van der Waals surface area contributed by atoms with Gasteiger partial charge in [0.2, 0.25) is 5.55 Å². The van der Waals surface area contributed by atoms with Crippen LogP contribution in [0.1, 0.15) is 17.9 Å². The van der Waals surface area contributed by atoms with Crippen molar-refractivity contribution in [3.63, 3.8) is 0 Å². The van der Waals surface area contributed by atoms with Crippen LogP contribution in [0.25, 0.3) is 0 Å². The largest absolute Gasteiger partial charge is 0.469 e. The highest BCUT2D eigenvalue weighted by Gasteiger charge is 2.52. The molecule has 0 radical (unpaired) electrons. The van der Waals surface area contributed by atoms with Gasteiger partial charge in [0.25, 0.3) is 5.69 Å². The SMILES string of the molecule is COC(=O)CC(c1ccc([N+](=O)[O-])cc1)C(F)(F)[Si](C)(C)C. The number of halogens is 2. The molecule has 122 valence electrons. The van der Waals surface area contributed by atoms with Crippen molar-refractivity contribution in [2.45, 2.75) is 37.5 Å². The maximum absolute atomic E-state index is 14.8. The Morgan fingerprint density at radius 2 is 1.82 bits per heavy atom. The molecule has 0 spiro atoms. The first-order chi connectivity index (χ1) is 10.0. The standard InChI is InChI=1S/C14H19F2NO4Si/c1-21-13(18)9-12(14(15,16)22(2,3)4)10-5-7-11(8-6-10)17(19)20/h5-8,12H,9H2,1-4H3. The summed E-state index contributed by atoms with van der Waals surface area (Å²) in [5.41, 5.74) is -3.04. The number of ether oxygens (including phenoxy) is 1. The van der Waals surface area contributed by atoms with Crippen LogP contribution in [-0.2, 0) is 9.53 Å². The molecule has 0 aliphatic heterocycles. The molecule has 5 nitrogen and oxygen atoms in total. The van der Waals surface area contributed by atoms with Crippen LogP contribution in [0.3, 0.4) is 0 Å². The number of alkyl halides is 2. The molecule has 8 heteroatoms. The Balaban J connectivity index is 3.26. The van der Waals surface area contributed by atoms with E-state index in [-0.39, 0.29) is 11.3 Å². The zero-order valence-electron chi connectivity index (χ0n) is 12.9. The Kier molecular flexibility index (Phi) is 5.39. The molecule has 1 unspecified atom stereocenters. The van der Waals surface area contributed by atoms with Crippen molar-refractivity contribution in [3.8, 4) is 0 Å². The minimum Gasteiger partial charge on any atom is -0.469 e. The van der Waals surface area contributed by atoms with Crippen LogP contribution in [0.4, 0.5) is 14.5 Å². The quantitative estimate of drug-likeness (QED) is 0.344. The number of carbonyl (C=O) groups excluding carboxylic acids is 1. The number of rotatable bonds is 6. The number of esters is 1. The van der Waals surface area contributed by atoms with E-state index < -0.39 is 36.9 Å². The van der Waals surface area contributed by atoms with E-state index in [2.05, 4.69) is 4.74 Å². The van der Waals surface area contributed by atoms with Crippen molar-refractivity contribution in [3.05, 3.63) is 39.9 Å². The Morgan fingerprint density at radius 1 is 1.32 bits per heavy atom. The molecule has 22 heavy (non-hydrogen) atoms. The molecule has 1 atom stereocenters. The molecular formula is C14H19F2NO4Si. The summed E-state index contributed by atoms with van der Waals surface area (Å²) in [7, 11) is -1.78. The minimum atomic E-state index is -3.06. The van der Waals surface area contributed by atoms with Crippen molar-refractivity contribution in [1.82, 2.24) is 0 Å². The van der Waals surface area contributed by atoms with Crippen LogP contribution in [0.2, 0.25) is 19.6 Å². The van der Waals surface area contributed by atoms with Crippen LogP contribution in [-0.4, -0.2) is 31.6 Å². The van der Waals surface area contributed by atoms with Gasteiger partial charge in [-0.3, -0.25) is 14.9 Å². The van der Waals surface area contributed by atoms with Crippen molar-refractivity contribution in [2.24, 2.45) is 0 Å². The highest BCUT2D eigenvalue weighted by Crippen LogP contribution is 2.43. The average Bonchev–Trinajstić information content (AvgIpc) is 2.43. The fraction of sp³-hybridized carbons (Fsp3) is 0.500. The third-order valence-electron chi connectivity index (χ3n) is 3.54. The van der Waals surface area contributed by atoms with E-state index in [0.717, 1.165) is 7.11 Å². The van der Waals surface area contributed by atoms with Gasteiger partial charge in [-0.25, -0.2) is 8.78 Å². The van der Waals surface area contributed by atoms with Gasteiger partial charge in [-0.05, 0) is 5.56 Å². The van der Waals surface area contributed by atoms with Crippen LogP contribution in [0, 0.1) is 10.1 Å². The van der Waals surface area contributed by atoms with E-state index in [9.17, 15) is 23.7 Å². The summed E-state index contributed by atoms with van der Waals surface area (Å²) >= 11 is 0. The summed E-state index contributed by atoms with van der Waals surface area (Å²) in [6, 6.07) is 4.89. The molecule has 0 saturated carbocycles. The fourth-order valence-corrected chi connectivity index (χ4v) is 3.37. The summed E-state index contributed by atoms with van der Waals surface area (Å²) in [6.45, 7) is 4.55. The van der Waals surface area contributed by atoms with Gasteiger partial charge in [-0.15, -0.1) is 0 Å². The minimum absolute atomic E-state index is 0.183. The molecule has 0 heterocycles. The van der Waals surface area contributed by atoms with E-state index in [1.807, 2.05) is 0 Å². The van der Waals surface area contributed by atoms with E-state index in [0.29, 0.717) is 0 Å². The predicted molar refractivity (Wildman–Crippen MR) is 80.8 cm³/mol. The van der Waals surface area contributed by atoms with Gasteiger partial charge in [0.05, 0.1) is 24.4 Å². The number of nitro benzene ring substituents is 1. The van der Waals surface area contributed by atoms with Gasteiger partial charge in [-0.2, -0.15) is 0 Å². The summed E-state index contributed by atoms with van der Waals surface area (Å²) < 4.78 is 34.0. The lowest BCUT2D eigenvalue weighted by atomic mass is 9.95. The molecule has 0 amide bonds. The normalized spacial score (nSPS) is 13.5. The van der Waals surface area contributed by atoms with Gasteiger partial charge in [0.1, 0.15) is 8.07 Å². The summed E-state index contributed by atoms with van der Waals surface area (Å²) in [6.07, 6.45) is -0.467. The van der Waals surface area contributed by atoms with E-state index in [4.69, 9.17) is 0 Å². The van der Waals surface area contributed by atoms with Crippen LogP contribution in [0.5, 0.6) is 0 Å². The molecule has 1 aromatic carbocycles. The number of benzene rings is 1. The van der Waals surface area contributed by atoms with Crippen molar-refractivity contribution in [2.75, 3.05) is 7.11 Å². The summed E-state index contributed by atoms with van der Waals surface area (Å²) in [4.78, 5) is 21.5. The molecule has 0 aliphatic carbocycles. The lowest BCUT2D eigenvalue weighted by Crippen LogP contribution is -2.50. The number of nitrogens with zero attached hydrogens (tertiary/aromatic N) is 1. The Bertz CT molecular complexity index is 555. The average molecular weight is 331 g/mol. The molecule has 0 aliphatic rings. The first-order valence-corrected chi connectivity index (χ1v) is 10.2. The zero-order chi connectivity index (χ0) is 17.1. The second-order valence-corrected chi connectivity index (χ2v) is 11.2. The maximum atomic E-state index is 14.8. The first-order valence-electron chi connectivity index (χ1n) is 6.69. The van der Waals surface area contributed by atoms with Gasteiger partial charge >= 0.3 is 5.97 Å². The third kappa shape index (κ3) is 3.88. The topological polar surface area (TPSA) is 69.4 Å². The van der Waals surface area contributed by atoms with Gasteiger partial charge in [-0.1, -0.05) is 31.8 Å². The van der Waals surface area contributed by atoms with Crippen molar-refractivity contribution >= 4 is 19.7 Å². The van der Waals surface area contributed by atoms with Crippen LogP contribution >= 0.6 is 0 Å². The highest BCUT2D eigenvalue weighted by molar-refractivity contribution is 6.78. The Hall–Kier alpha value is -1.83. The number of non-ortho nitro benzene ring substituents is 1. The second kappa shape index (κ2) is 6.51. The molecule has 0 aromatic heterocycles. The van der Waals surface area contributed by atoms with E-state index >= 15 is 0 Å². The third-order valence-corrected chi connectivity index (χ3v) is 5.89. The lowest BCUT2D eigenvalue weighted by Gasteiger charge is -2.35. The highest BCUT2D eigenvalue weighted by atomic mass is 28.3. The van der Waals surface area contributed by atoms with Gasteiger partial charge in [0, 0.05) is 12.1 Å². The van der Waals surface area contributed by atoms with Crippen molar-refractivity contribution in [1.29, 1.82) is 0 Å². The molecule has 1 aromatic rings. The smallest absolute Gasteiger partial charge is 0.306 e. The molecular weight excluding hydrogens is 312 g/mol. The zero-order valence-corrected chi connectivity index (χ0v) is 13.9. The van der Waals surface area contributed by atoms with E-state index in [1.54, 1.807) is 0 Å². The lowest BCUT2D eigenvalue weighted by molar-refractivity contribution is -0.384. The number of nitro groups is 1. The van der Waals surface area contributed by atoms with Crippen LogP contribution in [0.15, 0.2) is 24.3 Å². The Labute approximate surface area is 128 Å². The predicted octanol–water partition coefficient (Wildman–Crippen LogP) is 3.75. The number of hydrogen-bond donors (Lipinski definition) is 0.